The van der Waals surface area contributed by atoms with Gasteiger partial charge in [0.2, 0.25) is 0 Å². The number of nitrogens with zero attached hydrogens (tertiary/aromatic N) is 4. The van der Waals surface area contributed by atoms with Crippen LogP contribution in [0.2, 0.25) is 0 Å². The molecule has 1 aromatic heterocycles. The molecule has 1 saturated heterocycles. The van der Waals surface area contributed by atoms with E-state index < -0.39 is 0 Å². The first-order valence-corrected chi connectivity index (χ1v) is 11.7. The van der Waals surface area contributed by atoms with Gasteiger partial charge >= 0.3 is 6.03 Å². The van der Waals surface area contributed by atoms with Crippen LogP contribution >= 0.6 is 0 Å². The van der Waals surface area contributed by atoms with Gasteiger partial charge in [-0.05, 0) is 60.7 Å². The highest BCUT2D eigenvalue weighted by atomic mass is 16.5. The molecule has 9 heteroatoms. The minimum atomic E-state index is -0.377. The van der Waals surface area contributed by atoms with Crippen molar-refractivity contribution in [2.24, 2.45) is 0 Å². The Hall–Kier alpha value is -4.52. The topological polar surface area (TPSA) is 115 Å². The van der Waals surface area contributed by atoms with Crippen LogP contribution in [0.1, 0.15) is 11.3 Å². The lowest BCUT2D eigenvalue weighted by molar-refractivity contribution is 0.230. The number of ether oxygens (including phenoxy) is 1. The van der Waals surface area contributed by atoms with E-state index in [1.54, 1.807) is 48.5 Å². The maximum atomic E-state index is 12.3. The van der Waals surface area contributed by atoms with Gasteiger partial charge in [-0.3, -0.25) is 9.88 Å². The van der Waals surface area contributed by atoms with E-state index >= 15 is 0 Å². The van der Waals surface area contributed by atoms with Gasteiger partial charge in [-0.1, -0.05) is 0 Å². The Balaban J connectivity index is 1.20. The van der Waals surface area contributed by atoms with E-state index in [1.165, 1.54) is 0 Å². The molecule has 5 rings (SSSR count). The van der Waals surface area contributed by atoms with Crippen LogP contribution in [-0.2, 0) is 6.54 Å². The molecule has 2 amide bonds. The summed E-state index contributed by atoms with van der Waals surface area (Å²) in [4.78, 5) is 24.0. The molecule has 36 heavy (non-hydrogen) atoms. The van der Waals surface area contributed by atoms with Gasteiger partial charge in [0.05, 0.1) is 34.6 Å². The van der Waals surface area contributed by atoms with Crippen LogP contribution in [0.5, 0.6) is 11.5 Å². The Bertz CT molecular complexity index is 1390. The molecule has 0 aliphatic carbocycles. The van der Waals surface area contributed by atoms with Gasteiger partial charge in [-0.25, -0.2) is 9.78 Å². The Labute approximate surface area is 208 Å². The third kappa shape index (κ3) is 5.93. The molecule has 180 valence electrons. The Morgan fingerprint density at radius 3 is 2.31 bits per heavy atom. The summed E-state index contributed by atoms with van der Waals surface area (Å²) >= 11 is 0. The molecule has 0 bridgehead atoms. The van der Waals surface area contributed by atoms with Gasteiger partial charge in [0, 0.05) is 50.2 Å². The monoisotopic (exact) mass is 479 g/mol. The number of benzene rings is 3. The lowest BCUT2D eigenvalue weighted by Crippen LogP contribution is -2.43. The molecule has 0 atom stereocenters. The minimum absolute atomic E-state index is 0.377. The highest BCUT2D eigenvalue weighted by Gasteiger charge is 2.12. The summed E-state index contributed by atoms with van der Waals surface area (Å²) in [6, 6.07) is 21.1. The van der Waals surface area contributed by atoms with Crippen molar-refractivity contribution in [1.82, 2.24) is 20.2 Å². The van der Waals surface area contributed by atoms with Crippen molar-refractivity contribution in [2.45, 2.75) is 6.54 Å². The molecular weight excluding hydrogens is 454 g/mol. The van der Waals surface area contributed by atoms with Crippen molar-refractivity contribution in [3.63, 3.8) is 0 Å². The van der Waals surface area contributed by atoms with Crippen LogP contribution in [0.3, 0.4) is 0 Å². The number of nitriles is 1. The summed E-state index contributed by atoms with van der Waals surface area (Å²) in [5, 5.41) is 17.7. The quantitative estimate of drug-likeness (QED) is 0.377. The van der Waals surface area contributed by atoms with Gasteiger partial charge in [0.15, 0.2) is 0 Å². The van der Waals surface area contributed by atoms with E-state index in [0.29, 0.717) is 28.4 Å². The summed E-state index contributed by atoms with van der Waals surface area (Å²) in [6.07, 6.45) is 1.84. The molecule has 1 fully saturated rings. The molecular formula is C27H25N7O2. The number of carbonyl (C=O) groups excluding carboxylic acids is 1. The molecule has 1 aliphatic heterocycles. The lowest BCUT2D eigenvalue weighted by atomic mass is 10.2. The number of fused-ring (bicyclic) bond motifs is 1. The molecule has 3 aromatic carbocycles. The molecule has 9 nitrogen and oxygen atoms in total. The molecule has 0 radical (unpaired) electrons. The first-order valence-electron chi connectivity index (χ1n) is 11.7. The van der Waals surface area contributed by atoms with E-state index in [9.17, 15) is 4.79 Å². The number of urea groups is 1. The third-order valence-electron chi connectivity index (χ3n) is 5.78. The van der Waals surface area contributed by atoms with Gasteiger partial charge in [0.1, 0.15) is 11.5 Å². The molecule has 0 spiro atoms. The fourth-order valence-corrected chi connectivity index (χ4v) is 3.93. The Morgan fingerprint density at radius 1 is 0.944 bits per heavy atom. The van der Waals surface area contributed by atoms with Crippen molar-refractivity contribution >= 4 is 28.4 Å². The second-order valence-electron chi connectivity index (χ2n) is 8.43. The molecule has 0 unspecified atom stereocenters. The first kappa shape index (κ1) is 23.2. The van der Waals surface area contributed by atoms with Gasteiger partial charge < -0.3 is 20.7 Å². The fraction of sp³-hybridized carbons (Fsp3) is 0.185. The number of amides is 2. The van der Waals surface area contributed by atoms with E-state index in [1.807, 2.05) is 30.5 Å². The van der Waals surface area contributed by atoms with Gasteiger partial charge in [0.25, 0.3) is 0 Å². The van der Waals surface area contributed by atoms with Crippen LogP contribution in [0.25, 0.3) is 11.0 Å². The predicted octanol–water partition coefficient (Wildman–Crippen LogP) is 4.34. The van der Waals surface area contributed by atoms with Crippen LogP contribution in [0.4, 0.5) is 16.2 Å². The lowest BCUT2D eigenvalue weighted by Gasteiger charge is -2.26. The SMILES string of the molecule is N#Cc1ccc(NC(=O)Nc2ccc(Oc3ccc4ncc(CN5CCNCC5)nc4c3)cc2)cc1. The molecule has 1 aliphatic rings. The third-order valence-corrected chi connectivity index (χ3v) is 5.78. The number of piperazine rings is 1. The predicted molar refractivity (Wildman–Crippen MR) is 138 cm³/mol. The highest BCUT2D eigenvalue weighted by molar-refractivity contribution is 5.99. The van der Waals surface area contributed by atoms with E-state index in [4.69, 9.17) is 15.0 Å². The van der Waals surface area contributed by atoms with Crippen molar-refractivity contribution in [3.8, 4) is 17.6 Å². The molecule has 4 aromatic rings. The zero-order valence-corrected chi connectivity index (χ0v) is 19.6. The van der Waals surface area contributed by atoms with Crippen molar-refractivity contribution in [2.75, 3.05) is 36.8 Å². The minimum Gasteiger partial charge on any atom is -0.457 e. The summed E-state index contributed by atoms with van der Waals surface area (Å²) in [5.41, 5.74) is 4.30. The number of carbonyl (C=O) groups is 1. The van der Waals surface area contributed by atoms with Crippen LogP contribution in [-0.4, -0.2) is 47.1 Å². The fourth-order valence-electron chi connectivity index (χ4n) is 3.93. The summed E-state index contributed by atoms with van der Waals surface area (Å²) < 4.78 is 6.01. The van der Waals surface area contributed by atoms with Gasteiger partial charge in [-0.2, -0.15) is 5.26 Å². The smallest absolute Gasteiger partial charge is 0.323 e. The van der Waals surface area contributed by atoms with Crippen molar-refractivity contribution in [1.29, 1.82) is 5.26 Å². The van der Waals surface area contributed by atoms with Gasteiger partial charge in [-0.15, -0.1) is 0 Å². The molecule has 0 saturated carbocycles. The van der Waals surface area contributed by atoms with E-state index in [-0.39, 0.29) is 6.03 Å². The second kappa shape index (κ2) is 10.8. The molecule has 3 N–H and O–H groups in total. The zero-order chi connectivity index (χ0) is 24.7. The molecule has 2 heterocycles. The highest BCUT2D eigenvalue weighted by Crippen LogP contribution is 2.26. The van der Waals surface area contributed by atoms with Crippen molar-refractivity contribution in [3.05, 3.63) is 84.2 Å². The van der Waals surface area contributed by atoms with Crippen LogP contribution < -0.4 is 20.7 Å². The van der Waals surface area contributed by atoms with Crippen LogP contribution in [0.15, 0.2) is 72.9 Å². The number of rotatable bonds is 6. The zero-order valence-electron chi connectivity index (χ0n) is 19.6. The number of aromatic nitrogens is 2. The van der Waals surface area contributed by atoms with Crippen molar-refractivity contribution < 1.29 is 9.53 Å². The van der Waals surface area contributed by atoms with Crippen LogP contribution in [0, 0.1) is 11.3 Å². The Kier molecular flexibility index (Phi) is 6.98. The largest absolute Gasteiger partial charge is 0.457 e. The number of hydrogen-bond acceptors (Lipinski definition) is 7. The summed E-state index contributed by atoms with van der Waals surface area (Å²) in [5.74, 6) is 1.30. The standard InChI is InChI=1S/C27H25N7O2/c28-16-19-1-3-20(4-2-19)32-27(35)33-21-5-7-23(8-6-21)36-24-9-10-25-26(15-24)31-22(17-30-25)18-34-13-11-29-12-14-34/h1-10,15,17,29H,11-14,18H2,(H2,32,33,35). The summed E-state index contributed by atoms with van der Waals surface area (Å²) in [6.45, 7) is 4.78. The maximum Gasteiger partial charge on any atom is 0.323 e. The average Bonchev–Trinajstić information content (AvgIpc) is 2.91. The maximum absolute atomic E-state index is 12.3. The number of hydrogen-bond donors (Lipinski definition) is 3. The second-order valence-corrected chi connectivity index (χ2v) is 8.43. The first-order chi connectivity index (χ1) is 17.6. The number of anilines is 2. The summed E-state index contributed by atoms with van der Waals surface area (Å²) in [7, 11) is 0. The Morgan fingerprint density at radius 2 is 1.61 bits per heavy atom. The van der Waals surface area contributed by atoms with E-state index in [2.05, 4.69) is 25.8 Å². The van der Waals surface area contributed by atoms with E-state index in [0.717, 1.165) is 49.5 Å². The number of nitrogens with one attached hydrogen (secondary N) is 3. The normalized spacial score (nSPS) is 13.6. The average molecular weight is 480 g/mol.